The quantitative estimate of drug-likeness (QED) is 0.669. The maximum atomic E-state index is 12.1. The van der Waals surface area contributed by atoms with Crippen LogP contribution in [0.5, 0.6) is 0 Å². The Morgan fingerprint density at radius 3 is 2.37 bits per heavy atom. The Kier molecular flexibility index (Phi) is 4.48. The lowest BCUT2D eigenvalue weighted by molar-refractivity contribution is -0.112. The maximum absolute atomic E-state index is 12.1. The summed E-state index contributed by atoms with van der Waals surface area (Å²) in [6, 6.07) is 15.0. The molecule has 4 nitrogen and oxygen atoms in total. The highest BCUT2D eigenvalue weighted by Gasteiger charge is 2.21. The number of aromatic nitrogens is 2. The first-order valence-corrected chi connectivity index (χ1v) is 9.31. The minimum Gasteiger partial charge on any atom is -0.326 e. The third kappa shape index (κ3) is 3.35. The lowest BCUT2D eigenvalue weighted by Gasteiger charge is -2.22. The summed E-state index contributed by atoms with van der Waals surface area (Å²) in [5, 5.41) is 0. The van der Waals surface area contributed by atoms with Gasteiger partial charge in [-0.2, -0.15) is 0 Å². The number of Topliss-reactive ketones (excluding diaryl/α,β-unsaturated/α-hetero) is 1. The molecule has 136 valence electrons. The van der Waals surface area contributed by atoms with E-state index in [-0.39, 0.29) is 11.8 Å². The van der Waals surface area contributed by atoms with Gasteiger partial charge in [0, 0.05) is 18.8 Å². The van der Waals surface area contributed by atoms with E-state index < -0.39 is 0 Å². The van der Waals surface area contributed by atoms with Crippen LogP contribution < -0.4 is 0 Å². The summed E-state index contributed by atoms with van der Waals surface area (Å²) in [5.74, 6) is 0.599. The number of fused-ring (bicyclic) bond motifs is 1. The lowest BCUT2D eigenvalue weighted by atomic mass is 9.92. The van der Waals surface area contributed by atoms with Crippen LogP contribution in [0.3, 0.4) is 0 Å². The van der Waals surface area contributed by atoms with Gasteiger partial charge in [0.15, 0.2) is 5.78 Å². The summed E-state index contributed by atoms with van der Waals surface area (Å²) in [7, 11) is 0. The number of imidazole rings is 1. The Hall–Kier alpha value is -3.01. The lowest BCUT2D eigenvalue weighted by Crippen LogP contribution is -2.18. The number of aliphatic imine (C=N–C) groups is 1. The minimum atomic E-state index is 0.0149. The van der Waals surface area contributed by atoms with Gasteiger partial charge in [0.2, 0.25) is 0 Å². The molecule has 4 rings (SSSR count). The number of hydrogen-bond donors (Lipinski definition) is 0. The number of ketones is 1. The first-order valence-electron chi connectivity index (χ1n) is 9.31. The first-order chi connectivity index (χ1) is 13.0. The van der Waals surface area contributed by atoms with Crippen molar-refractivity contribution in [3.63, 3.8) is 0 Å². The van der Waals surface area contributed by atoms with Crippen molar-refractivity contribution in [3.05, 3.63) is 83.4 Å². The molecule has 1 unspecified atom stereocenters. The van der Waals surface area contributed by atoms with Gasteiger partial charge in [-0.15, -0.1) is 0 Å². The van der Waals surface area contributed by atoms with Gasteiger partial charge >= 0.3 is 0 Å². The molecule has 0 N–H and O–H groups in total. The molecule has 4 heteroatoms. The molecule has 1 aliphatic heterocycles. The van der Waals surface area contributed by atoms with Gasteiger partial charge in [-0.3, -0.25) is 4.79 Å². The van der Waals surface area contributed by atoms with Crippen LogP contribution in [-0.4, -0.2) is 21.0 Å². The zero-order chi connectivity index (χ0) is 19.0. The fraction of sp³-hybridized carbons (Fsp3) is 0.261. The van der Waals surface area contributed by atoms with E-state index in [2.05, 4.69) is 64.8 Å². The van der Waals surface area contributed by atoms with Gasteiger partial charge in [-0.05, 0) is 41.2 Å². The molecule has 2 aromatic carbocycles. The summed E-state index contributed by atoms with van der Waals surface area (Å²) in [6.07, 6.45) is 6.04. The van der Waals surface area contributed by atoms with Crippen molar-refractivity contribution in [1.29, 1.82) is 0 Å². The van der Waals surface area contributed by atoms with Crippen LogP contribution in [0.1, 0.15) is 55.0 Å². The molecule has 0 saturated heterocycles. The van der Waals surface area contributed by atoms with Crippen LogP contribution in [-0.2, 0) is 11.2 Å². The maximum Gasteiger partial charge on any atom is 0.181 e. The third-order valence-electron chi connectivity index (χ3n) is 5.20. The number of nitrogens with zero attached hydrogens (tertiary/aromatic N) is 3. The molecule has 0 fully saturated rings. The monoisotopic (exact) mass is 357 g/mol. The highest BCUT2D eigenvalue weighted by Crippen LogP contribution is 2.33. The van der Waals surface area contributed by atoms with Crippen molar-refractivity contribution >= 4 is 17.2 Å². The Labute approximate surface area is 159 Å². The second kappa shape index (κ2) is 6.95. The van der Waals surface area contributed by atoms with E-state index in [4.69, 9.17) is 0 Å². The van der Waals surface area contributed by atoms with Crippen LogP contribution in [0.4, 0.5) is 5.69 Å². The Morgan fingerprint density at radius 2 is 1.70 bits per heavy atom. The number of hydrogen-bond acceptors (Lipinski definition) is 3. The fourth-order valence-electron chi connectivity index (χ4n) is 3.59. The number of carbonyl (C=O) groups is 1. The molecule has 27 heavy (non-hydrogen) atoms. The highest BCUT2D eigenvalue weighted by atomic mass is 16.1. The zero-order valence-corrected chi connectivity index (χ0v) is 15.9. The van der Waals surface area contributed by atoms with Gasteiger partial charge in [-0.25, -0.2) is 9.98 Å². The number of carbonyl (C=O) groups excluding carboxylic acids is 1. The summed E-state index contributed by atoms with van der Waals surface area (Å²) in [6.45, 7) is 6.18. The zero-order valence-electron chi connectivity index (χ0n) is 15.9. The smallest absolute Gasteiger partial charge is 0.181 e. The molecule has 1 aliphatic rings. The summed E-state index contributed by atoms with van der Waals surface area (Å²) < 4.78 is 2.10. The molecule has 0 radical (unpaired) electrons. The van der Waals surface area contributed by atoms with E-state index in [9.17, 15) is 4.79 Å². The third-order valence-corrected chi connectivity index (χ3v) is 5.20. The molecule has 0 amide bonds. The summed E-state index contributed by atoms with van der Waals surface area (Å²) in [5.41, 5.74) is 6.13. The van der Waals surface area contributed by atoms with E-state index in [1.165, 1.54) is 11.1 Å². The van der Waals surface area contributed by atoms with Crippen LogP contribution in [0.25, 0.3) is 0 Å². The van der Waals surface area contributed by atoms with Crippen LogP contribution >= 0.6 is 0 Å². The average Bonchev–Trinajstić information content (AvgIpc) is 3.18. The van der Waals surface area contributed by atoms with E-state index in [1.807, 2.05) is 18.6 Å². The largest absolute Gasteiger partial charge is 0.326 e. The Bertz CT molecular complexity index is 999. The second-order valence-electron chi connectivity index (χ2n) is 7.42. The Morgan fingerprint density at radius 1 is 1.00 bits per heavy atom. The molecule has 0 spiro atoms. The molecule has 0 bridgehead atoms. The molecule has 2 heterocycles. The van der Waals surface area contributed by atoms with Gasteiger partial charge in [0.05, 0.1) is 23.8 Å². The van der Waals surface area contributed by atoms with Crippen molar-refractivity contribution in [2.75, 3.05) is 0 Å². The first kappa shape index (κ1) is 17.4. The van der Waals surface area contributed by atoms with Crippen molar-refractivity contribution < 1.29 is 4.79 Å². The molecular formula is C23H23N3O. The topological polar surface area (TPSA) is 47.2 Å². The van der Waals surface area contributed by atoms with Gasteiger partial charge in [0.25, 0.3) is 0 Å². The summed E-state index contributed by atoms with van der Waals surface area (Å²) >= 11 is 0. The SMILES string of the molecule is CC1=Nc2ccc(C(c3ccc(C(C)C)cc3)n3ccnc3)cc2CC1=O. The van der Waals surface area contributed by atoms with Crippen molar-refractivity contribution in [2.24, 2.45) is 4.99 Å². The van der Waals surface area contributed by atoms with E-state index in [1.54, 1.807) is 13.1 Å². The predicted octanol–water partition coefficient (Wildman–Crippen LogP) is 4.86. The molecular weight excluding hydrogens is 334 g/mol. The van der Waals surface area contributed by atoms with Gasteiger partial charge in [0.1, 0.15) is 0 Å². The average molecular weight is 357 g/mol. The molecule has 1 aromatic heterocycles. The summed E-state index contributed by atoms with van der Waals surface area (Å²) in [4.78, 5) is 20.8. The molecule has 0 saturated carbocycles. The minimum absolute atomic E-state index is 0.0149. The van der Waals surface area contributed by atoms with Crippen molar-refractivity contribution in [1.82, 2.24) is 9.55 Å². The number of rotatable bonds is 4. The van der Waals surface area contributed by atoms with E-state index in [0.29, 0.717) is 18.1 Å². The van der Waals surface area contributed by atoms with Crippen molar-refractivity contribution in [3.8, 4) is 0 Å². The van der Waals surface area contributed by atoms with Gasteiger partial charge < -0.3 is 4.57 Å². The fourth-order valence-corrected chi connectivity index (χ4v) is 3.59. The normalized spacial score (nSPS) is 14.8. The van der Waals surface area contributed by atoms with Crippen LogP contribution in [0, 0.1) is 0 Å². The molecule has 1 atom stereocenters. The van der Waals surface area contributed by atoms with Crippen molar-refractivity contribution in [2.45, 2.75) is 39.2 Å². The van der Waals surface area contributed by atoms with Gasteiger partial charge in [-0.1, -0.05) is 50.2 Å². The van der Waals surface area contributed by atoms with Crippen LogP contribution in [0.2, 0.25) is 0 Å². The predicted molar refractivity (Wildman–Crippen MR) is 108 cm³/mol. The van der Waals surface area contributed by atoms with E-state index >= 15 is 0 Å². The molecule has 0 aliphatic carbocycles. The van der Waals surface area contributed by atoms with E-state index in [0.717, 1.165) is 16.8 Å². The molecule has 3 aromatic rings. The Balaban J connectivity index is 1.79. The standard InChI is InChI=1S/C23H23N3O/c1-15(2)17-4-6-18(7-5-17)23(26-11-10-24-14-26)19-8-9-21-20(12-19)13-22(27)16(3)25-21/h4-12,14-15,23H,13H2,1-3H3. The second-order valence-corrected chi connectivity index (χ2v) is 7.42. The number of benzene rings is 2. The highest BCUT2D eigenvalue weighted by molar-refractivity contribution is 6.40. The van der Waals surface area contributed by atoms with Crippen LogP contribution in [0.15, 0.2) is 66.2 Å².